The van der Waals surface area contributed by atoms with E-state index < -0.39 is 30.5 Å². The van der Waals surface area contributed by atoms with Crippen LogP contribution in [0.15, 0.2) is 36.8 Å². The van der Waals surface area contributed by atoms with Gasteiger partial charge in [-0.05, 0) is 51.1 Å². The standard InChI is InChI=1S/C31H36ClF4N7O3/c1-20(2)43(18-31(34,35)36)30(44)23-16-21(33)4-5-26(23)46-29-28(38-19-39-40-29)42-14-7-22(8-15-42)45-27-6-11-37-25-9-13-41(12-3-10-32)17-24(25)27/h4-6,11,16,19-20,22H,3,7-10,12-15,17-18H2,1-2H3. The van der Waals surface area contributed by atoms with E-state index in [1.54, 1.807) is 6.20 Å². The highest BCUT2D eigenvalue weighted by Gasteiger charge is 2.36. The normalized spacial score (nSPS) is 16.0. The molecule has 2 aliphatic heterocycles. The molecule has 1 fully saturated rings. The Morgan fingerprint density at radius 1 is 1.13 bits per heavy atom. The number of rotatable bonds is 11. The molecule has 0 bridgehead atoms. The third kappa shape index (κ3) is 8.32. The third-order valence-electron chi connectivity index (χ3n) is 7.98. The molecule has 0 spiro atoms. The van der Waals surface area contributed by atoms with Crippen molar-refractivity contribution in [2.45, 2.75) is 64.4 Å². The van der Waals surface area contributed by atoms with Crippen LogP contribution in [0.1, 0.15) is 54.7 Å². The highest BCUT2D eigenvalue weighted by atomic mass is 35.5. The minimum Gasteiger partial charge on any atom is -0.490 e. The molecule has 248 valence electrons. The van der Waals surface area contributed by atoms with E-state index in [1.807, 2.05) is 11.0 Å². The molecule has 1 saturated heterocycles. The van der Waals surface area contributed by atoms with Gasteiger partial charge in [0.1, 0.15) is 36.3 Å². The van der Waals surface area contributed by atoms with Gasteiger partial charge in [0.15, 0.2) is 5.82 Å². The van der Waals surface area contributed by atoms with Crippen molar-refractivity contribution in [2.24, 2.45) is 0 Å². The second kappa shape index (κ2) is 14.8. The van der Waals surface area contributed by atoms with E-state index in [1.165, 1.54) is 26.2 Å². The van der Waals surface area contributed by atoms with E-state index in [0.717, 1.165) is 61.6 Å². The zero-order chi connectivity index (χ0) is 32.8. The Morgan fingerprint density at radius 2 is 1.91 bits per heavy atom. The molecule has 15 heteroatoms. The monoisotopic (exact) mass is 665 g/mol. The summed E-state index contributed by atoms with van der Waals surface area (Å²) in [6.07, 6.45) is 1.44. The molecule has 0 unspecified atom stereocenters. The van der Waals surface area contributed by atoms with Crippen LogP contribution in [-0.4, -0.2) is 92.8 Å². The fraction of sp³-hybridized carbons (Fsp3) is 0.516. The smallest absolute Gasteiger partial charge is 0.406 e. The molecule has 0 N–H and O–H groups in total. The summed E-state index contributed by atoms with van der Waals surface area (Å²) in [6, 6.07) is 4.18. The number of hydrogen-bond acceptors (Lipinski definition) is 9. The summed E-state index contributed by atoms with van der Waals surface area (Å²) in [5, 5.41) is 7.85. The number of pyridine rings is 1. The Hall–Kier alpha value is -3.78. The maximum absolute atomic E-state index is 14.3. The number of fused-ring (bicyclic) bond motifs is 1. The lowest BCUT2D eigenvalue weighted by Gasteiger charge is -2.34. The lowest BCUT2D eigenvalue weighted by Crippen LogP contribution is -2.43. The molecule has 10 nitrogen and oxygen atoms in total. The average molecular weight is 666 g/mol. The number of halogens is 5. The Balaban J connectivity index is 1.28. The van der Waals surface area contributed by atoms with Gasteiger partial charge in [0.25, 0.3) is 11.8 Å². The van der Waals surface area contributed by atoms with Crippen molar-refractivity contribution in [1.82, 2.24) is 30.0 Å². The van der Waals surface area contributed by atoms with Crippen LogP contribution in [0.2, 0.25) is 0 Å². The van der Waals surface area contributed by atoms with Gasteiger partial charge in [-0.25, -0.2) is 9.37 Å². The summed E-state index contributed by atoms with van der Waals surface area (Å²) in [4.78, 5) is 27.1. The summed E-state index contributed by atoms with van der Waals surface area (Å²) < 4.78 is 66.4. The number of nitrogens with zero attached hydrogens (tertiary/aromatic N) is 7. The molecule has 1 aromatic carbocycles. The van der Waals surface area contributed by atoms with E-state index in [0.29, 0.717) is 42.5 Å². The Labute approximate surface area is 269 Å². The van der Waals surface area contributed by atoms with Crippen LogP contribution in [-0.2, 0) is 13.0 Å². The van der Waals surface area contributed by atoms with E-state index >= 15 is 0 Å². The summed E-state index contributed by atoms with van der Waals surface area (Å²) in [7, 11) is 0. The van der Waals surface area contributed by atoms with Crippen LogP contribution in [0, 0.1) is 5.82 Å². The SMILES string of the molecule is CC(C)N(CC(F)(F)F)C(=O)c1cc(F)ccc1Oc1nncnc1N1CCC(Oc2ccnc3c2CN(CCCCl)CC3)CC1. The molecule has 3 aromatic rings. The molecular formula is C31H36ClF4N7O3. The summed E-state index contributed by atoms with van der Waals surface area (Å²) in [6.45, 7) is 5.10. The molecule has 1 amide bonds. The van der Waals surface area contributed by atoms with Gasteiger partial charge in [-0.1, -0.05) is 0 Å². The topological polar surface area (TPSA) is 96.8 Å². The van der Waals surface area contributed by atoms with Gasteiger partial charge >= 0.3 is 6.18 Å². The maximum Gasteiger partial charge on any atom is 0.406 e. The van der Waals surface area contributed by atoms with Gasteiger partial charge in [0.2, 0.25) is 0 Å². The number of benzene rings is 1. The largest absolute Gasteiger partial charge is 0.490 e. The summed E-state index contributed by atoms with van der Waals surface area (Å²) >= 11 is 5.90. The number of aromatic nitrogens is 4. The van der Waals surface area contributed by atoms with Gasteiger partial charge < -0.3 is 19.3 Å². The first-order valence-corrected chi connectivity index (χ1v) is 15.8. The molecule has 0 radical (unpaired) electrons. The molecule has 0 aliphatic carbocycles. The predicted octanol–water partition coefficient (Wildman–Crippen LogP) is 5.65. The quantitative estimate of drug-likeness (QED) is 0.190. The van der Waals surface area contributed by atoms with E-state index in [9.17, 15) is 22.4 Å². The predicted molar refractivity (Wildman–Crippen MR) is 163 cm³/mol. The Bertz CT molecular complexity index is 1510. The van der Waals surface area contributed by atoms with Gasteiger partial charge in [0.05, 0.1) is 5.56 Å². The lowest BCUT2D eigenvalue weighted by molar-refractivity contribution is -0.143. The highest BCUT2D eigenvalue weighted by molar-refractivity contribution is 6.17. The van der Waals surface area contributed by atoms with Crippen molar-refractivity contribution >= 4 is 23.3 Å². The lowest BCUT2D eigenvalue weighted by atomic mass is 10.0. The number of alkyl halides is 4. The highest BCUT2D eigenvalue weighted by Crippen LogP contribution is 2.34. The first-order valence-electron chi connectivity index (χ1n) is 15.2. The van der Waals surface area contributed by atoms with E-state index in [2.05, 4.69) is 25.1 Å². The van der Waals surface area contributed by atoms with Crippen LogP contribution in [0.3, 0.4) is 0 Å². The van der Waals surface area contributed by atoms with Crippen molar-refractivity contribution < 1.29 is 31.8 Å². The Morgan fingerprint density at radius 3 is 2.63 bits per heavy atom. The maximum atomic E-state index is 14.3. The van der Waals surface area contributed by atoms with Crippen LogP contribution < -0.4 is 14.4 Å². The second-order valence-electron chi connectivity index (χ2n) is 11.6. The fourth-order valence-corrected chi connectivity index (χ4v) is 5.78. The van der Waals surface area contributed by atoms with Crippen molar-refractivity contribution in [3.8, 4) is 17.4 Å². The molecule has 0 atom stereocenters. The van der Waals surface area contributed by atoms with Crippen molar-refractivity contribution in [1.29, 1.82) is 0 Å². The first kappa shape index (κ1) is 33.6. The van der Waals surface area contributed by atoms with Crippen molar-refractivity contribution in [2.75, 3.05) is 43.5 Å². The van der Waals surface area contributed by atoms with Gasteiger partial charge in [0, 0.05) is 74.8 Å². The van der Waals surface area contributed by atoms with Crippen molar-refractivity contribution in [3.63, 3.8) is 0 Å². The number of piperidine rings is 1. The molecule has 4 heterocycles. The van der Waals surface area contributed by atoms with Gasteiger partial charge in [-0.15, -0.1) is 21.8 Å². The zero-order valence-electron chi connectivity index (χ0n) is 25.6. The fourth-order valence-electron chi connectivity index (χ4n) is 5.66. The molecule has 46 heavy (non-hydrogen) atoms. The number of ether oxygens (including phenoxy) is 2. The van der Waals surface area contributed by atoms with Gasteiger partial charge in [-0.3, -0.25) is 14.7 Å². The average Bonchev–Trinajstić information content (AvgIpc) is 3.03. The summed E-state index contributed by atoms with van der Waals surface area (Å²) in [5.41, 5.74) is 1.79. The minimum atomic E-state index is -4.65. The Kier molecular flexibility index (Phi) is 10.8. The zero-order valence-corrected chi connectivity index (χ0v) is 26.4. The van der Waals surface area contributed by atoms with E-state index in [4.69, 9.17) is 21.1 Å². The number of carbonyl (C=O) groups excluding carboxylic acids is 1. The number of carbonyl (C=O) groups is 1. The number of hydrogen-bond donors (Lipinski definition) is 0. The molecule has 2 aliphatic rings. The second-order valence-corrected chi connectivity index (χ2v) is 12.0. The molecular weight excluding hydrogens is 630 g/mol. The molecule has 0 saturated carbocycles. The van der Waals surface area contributed by atoms with Crippen LogP contribution in [0.25, 0.3) is 0 Å². The molecule has 2 aromatic heterocycles. The third-order valence-corrected chi connectivity index (χ3v) is 8.24. The van der Waals surface area contributed by atoms with Crippen LogP contribution in [0.5, 0.6) is 17.4 Å². The number of amides is 1. The first-order chi connectivity index (χ1) is 22.0. The van der Waals surface area contributed by atoms with E-state index in [-0.39, 0.29) is 23.3 Å². The summed E-state index contributed by atoms with van der Waals surface area (Å²) in [5.74, 6) is -0.264. The van der Waals surface area contributed by atoms with Crippen molar-refractivity contribution in [3.05, 3.63) is 59.4 Å². The number of anilines is 1. The minimum absolute atomic E-state index is 0.0582. The van der Waals surface area contributed by atoms with Crippen LogP contribution in [0.4, 0.5) is 23.4 Å². The molecule has 5 rings (SSSR count). The van der Waals surface area contributed by atoms with Gasteiger partial charge in [-0.2, -0.15) is 13.2 Å². The van der Waals surface area contributed by atoms with Crippen LogP contribution >= 0.6 is 11.6 Å².